The van der Waals surface area contributed by atoms with Crippen LogP contribution in [-0.4, -0.2) is 29.4 Å². The molecule has 0 saturated heterocycles. The second-order valence-electron chi connectivity index (χ2n) is 4.55. The fourth-order valence-electron chi connectivity index (χ4n) is 1.87. The fraction of sp³-hybridized carbons (Fsp3) is 0.286. The van der Waals surface area contributed by atoms with E-state index >= 15 is 0 Å². The van der Waals surface area contributed by atoms with Gasteiger partial charge in [-0.2, -0.15) is 0 Å². The normalized spacial score (nSPS) is 10.4. The number of nitrogen functional groups attached to an aromatic ring is 1. The molecule has 3 N–H and O–H groups in total. The van der Waals surface area contributed by atoms with Gasteiger partial charge in [0.1, 0.15) is 16.5 Å². The van der Waals surface area contributed by atoms with Crippen LogP contribution >= 0.6 is 11.3 Å². The lowest BCUT2D eigenvalue weighted by Crippen LogP contribution is -2.26. The lowest BCUT2D eigenvalue weighted by molar-refractivity contribution is 0.0790. The summed E-state index contributed by atoms with van der Waals surface area (Å²) in [4.78, 5) is 18.4. The summed E-state index contributed by atoms with van der Waals surface area (Å²) in [6.45, 7) is 2.96. The van der Waals surface area contributed by atoms with E-state index in [9.17, 15) is 9.18 Å². The van der Waals surface area contributed by atoms with E-state index in [-0.39, 0.29) is 17.5 Å². The molecule has 2 rings (SSSR count). The zero-order chi connectivity index (χ0) is 15.4. The van der Waals surface area contributed by atoms with Crippen molar-refractivity contribution in [3.63, 3.8) is 0 Å². The molecule has 112 valence electrons. The maximum absolute atomic E-state index is 13.2. The van der Waals surface area contributed by atoms with Gasteiger partial charge in [0.25, 0.3) is 5.91 Å². The number of carbonyl (C=O) groups excluding carboxylic acids is 1. The number of hydrogen-bond donors (Lipinski definition) is 2. The van der Waals surface area contributed by atoms with Crippen molar-refractivity contribution < 1.29 is 9.18 Å². The summed E-state index contributed by atoms with van der Waals surface area (Å²) in [5.41, 5.74) is 6.50. The van der Waals surface area contributed by atoms with Gasteiger partial charge in [-0.1, -0.05) is 23.5 Å². The number of thiazole rings is 1. The number of anilines is 2. The van der Waals surface area contributed by atoms with Gasteiger partial charge in [0.15, 0.2) is 5.13 Å². The number of amides is 1. The molecule has 0 aliphatic rings. The van der Waals surface area contributed by atoms with Crippen molar-refractivity contribution in [3.8, 4) is 0 Å². The minimum atomic E-state index is -0.319. The van der Waals surface area contributed by atoms with Crippen molar-refractivity contribution in [2.45, 2.75) is 13.5 Å². The van der Waals surface area contributed by atoms with Crippen LogP contribution in [0.2, 0.25) is 0 Å². The minimum absolute atomic E-state index is 0.215. The number of nitrogens with zero attached hydrogens (tertiary/aromatic N) is 2. The van der Waals surface area contributed by atoms with Crippen LogP contribution in [-0.2, 0) is 6.54 Å². The summed E-state index contributed by atoms with van der Waals surface area (Å²) in [5.74, 6) is -0.328. The largest absolute Gasteiger partial charge is 0.382 e. The first kappa shape index (κ1) is 15.2. The van der Waals surface area contributed by atoms with Gasteiger partial charge in [0.2, 0.25) is 0 Å². The molecule has 0 spiro atoms. The van der Waals surface area contributed by atoms with E-state index in [0.717, 1.165) is 5.56 Å². The number of hydrogen-bond acceptors (Lipinski definition) is 5. The molecule has 21 heavy (non-hydrogen) atoms. The van der Waals surface area contributed by atoms with Gasteiger partial charge >= 0.3 is 0 Å². The van der Waals surface area contributed by atoms with Crippen LogP contribution in [0.5, 0.6) is 0 Å². The first-order valence-electron chi connectivity index (χ1n) is 6.51. The van der Waals surface area contributed by atoms with Gasteiger partial charge < -0.3 is 16.0 Å². The monoisotopic (exact) mass is 308 g/mol. The molecule has 0 aliphatic carbocycles. The number of halogens is 1. The van der Waals surface area contributed by atoms with E-state index in [1.165, 1.54) is 28.4 Å². The Labute approximate surface area is 126 Å². The van der Waals surface area contributed by atoms with Gasteiger partial charge in [-0.25, -0.2) is 9.37 Å². The van der Waals surface area contributed by atoms with Crippen molar-refractivity contribution >= 4 is 28.2 Å². The van der Waals surface area contributed by atoms with Crippen molar-refractivity contribution in [2.75, 3.05) is 24.6 Å². The van der Waals surface area contributed by atoms with E-state index in [4.69, 9.17) is 5.73 Å². The lowest BCUT2D eigenvalue weighted by Gasteiger charge is -2.16. The average Bonchev–Trinajstić information content (AvgIpc) is 2.79. The Balaban J connectivity index is 2.12. The number of aromatic nitrogens is 1. The molecule has 0 radical (unpaired) electrons. The molecule has 0 unspecified atom stereocenters. The average molecular weight is 308 g/mol. The predicted molar refractivity (Wildman–Crippen MR) is 82.9 cm³/mol. The molecule has 1 aromatic carbocycles. The third-order valence-electron chi connectivity index (χ3n) is 2.83. The Morgan fingerprint density at radius 2 is 2.29 bits per heavy atom. The van der Waals surface area contributed by atoms with E-state index in [1.54, 1.807) is 19.2 Å². The maximum atomic E-state index is 13.2. The van der Waals surface area contributed by atoms with Crippen LogP contribution in [0.25, 0.3) is 0 Å². The van der Waals surface area contributed by atoms with Gasteiger partial charge in [0.05, 0.1) is 0 Å². The molecule has 7 heteroatoms. The van der Waals surface area contributed by atoms with Gasteiger partial charge in [0, 0.05) is 20.1 Å². The highest BCUT2D eigenvalue weighted by Crippen LogP contribution is 2.26. The summed E-state index contributed by atoms with van der Waals surface area (Å²) in [6.07, 6.45) is 0. The number of rotatable bonds is 5. The highest BCUT2D eigenvalue weighted by atomic mass is 32.1. The molecule has 1 amide bonds. The van der Waals surface area contributed by atoms with Crippen LogP contribution < -0.4 is 11.1 Å². The molecule has 0 fully saturated rings. The Bertz CT molecular complexity index is 644. The molecule has 0 bridgehead atoms. The highest BCUT2D eigenvalue weighted by molar-refractivity contribution is 7.18. The van der Waals surface area contributed by atoms with E-state index < -0.39 is 0 Å². The third-order valence-corrected chi connectivity index (χ3v) is 3.85. The first-order chi connectivity index (χ1) is 10.0. The molecule has 0 atom stereocenters. The number of nitrogens with two attached hydrogens (primary N) is 1. The maximum Gasteiger partial charge on any atom is 0.267 e. The summed E-state index contributed by atoms with van der Waals surface area (Å²) < 4.78 is 13.2. The summed E-state index contributed by atoms with van der Waals surface area (Å²) in [5, 5.41) is 3.65. The van der Waals surface area contributed by atoms with Gasteiger partial charge in [-0.15, -0.1) is 0 Å². The van der Waals surface area contributed by atoms with Crippen molar-refractivity contribution in [3.05, 3.63) is 40.5 Å². The second-order valence-corrected chi connectivity index (χ2v) is 5.55. The summed E-state index contributed by atoms with van der Waals surface area (Å²) in [6, 6.07) is 6.17. The Hall–Kier alpha value is -2.15. The molecular weight excluding hydrogens is 291 g/mol. The molecule has 1 heterocycles. The number of benzene rings is 1. The van der Waals surface area contributed by atoms with Crippen LogP contribution in [0.1, 0.15) is 22.2 Å². The first-order valence-corrected chi connectivity index (χ1v) is 7.33. The number of carbonyl (C=O) groups is 1. The van der Waals surface area contributed by atoms with E-state index in [0.29, 0.717) is 23.1 Å². The standard InChI is InChI=1S/C14H17FN4OS/c1-3-17-14-18-12(16)11(21-14)13(20)19(2)8-9-5-4-6-10(15)7-9/h4-7H,3,8,16H2,1-2H3,(H,17,18). The quantitative estimate of drug-likeness (QED) is 0.890. The smallest absolute Gasteiger partial charge is 0.267 e. The number of nitrogens with one attached hydrogen (secondary N) is 1. The Morgan fingerprint density at radius 1 is 1.52 bits per heavy atom. The zero-order valence-electron chi connectivity index (χ0n) is 11.9. The summed E-state index contributed by atoms with van der Waals surface area (Å²) >= 11 is 1.22. The van der Waals surface area contributed by atoms with Crippen molar-refractivity contribution in [1.82, 2.24) is 9.88 Å². The van der Waals surface area contributed by atoms with Gasteiger partial charge in [-0.3, -0.25) is 4.79 Å². The Morgan fingerprint density at radius 3 is 2.95 bits per heavy atom. The third kappa shape index (κ3) is 3.69. The molecule has 0 aliphatic heterocycles. The Kier molecular flexibility index (Phi) is 4.74. The predicted octanol–water partition coefficient (Wildman–Crippen LogP) is 2.57. The minimum Gasteiger partial charge on any atom is -0.382 e. The van der Waals surface area contributed by atoms with Crippen LogP contribution in [0, 0.1) is 5.82 Å². The van der Waals surface area contributed by atoms with Crippen LogP contribution in [0.15, 0.2) is 24.3 Å². The summed E-state index contributed by atoms with van der Waals surface area (Å²) in [7, 11) is 1.65. The van der Waals surface area contributed by atoms with Gasteiger partial charge in [-0.05, 0) is 24.6 Å². The molecule has 2 aromatic rings. The van der Waals surface area contributed by atoms with Crippen molar-refractivity contribution in [2.24, 2.45) is 0 Å². The van der Waals surface area contributed by atoms with Crippen molar-refractivity contribution in [1.29, 1.82) is 0 Å². The lowest BCUT2D eigenvalue weighted by atomic mass is 10.2. The van der Waals surface area contributed by atoms with Crippen LogP contribution in [0.3, 0.4) is 0 Å². The molecule has 0 saturated carbocycles. The second kappa shape index (κ2) is 6.53. The molecular formula is C14H17FN4OS. The fourth-order valence-corrected chi connectivity index (χ4v) is 2.81. The SMILES string of the molecule is CCNc1nc(N)c(C(=O)N(C)Cc2cccc(F)c2)s1. The topological polar surface area (TPSA) is 71.2 Å². The van der Waals surface area contributed by atoms with Crippen LogP contribution in [0.4, 0.5) is 15.3 Å². The molecule has 1 aromatic heterocycles. The molecule has 5 nitrogen and oxygen atoms in total. The zero-order valence-corrected chi connectivity index (χ0v) is 12.7. The van der Waals surface area contributed by atoms with E-state index in [1.807, 2.05) is 6.92 Å². The van der Waals surface area contributed by atoms with E-state index in [2.05, 4.69) is 10.3 Å². The highest BCUT2D eigenvalue weighted by Gasteiger charge is 2.19.